The average Bonchev–Trinajstić information content (AvgIpc) is 2.56. The third kappa shape index (κ3) is 6.29. The summed E-state index contributed by atoms with van der Waals surface area (Å²) in [5, 5.41) is 9.00. The standard InChI is InChI=1S/C18H28N4O2/c1-3-22(12-15-8-10-19-11-9-15)13-18(24)21-17-6-4-16(5-7-17)20-14(2)23/h4-7,15,19H,3,8-13H2,1-2H3,(H,20,23)(H,21,24). The van der Waals surface area contributed by atoms with Crippen molar-refractivity contribution in [2.75, 3.05) is 43.4 Å². The van der Waals surface area contributed by atoms with Gasteiger partial charge in [-0.2, -0.15) is 0 Å². The number of nitrogens with one attached hydrogen (secondary N) is 3. The maximum Gasteiger partial charge on any atom is 0.238 e. The largest absolute Gasteiger partial charge is 0.326 e. The molecule has 132 valence electrons. The van der Waals surface area contributed by atoms with Crippen LogP contribution < -0.4 is 16.0 Å². The Hall–Kier alpha value is -1.92. The molecule has 1 aromatic carbocycles. The number of nitrogens with zero attached hydrogens (tertiary/aromatic N) is 1. The molecule has 1 heterocycles. The van der Waals surface area contributed by atoms with E-state index in [1.165, 1.54) is 19.8 Å². The van der Waals surface area contributed by atoms with Crippen LogP contribution in [0.5, 0.6) is 0 Å². The molecule has 0 radical (unpaired) electrons. The van der Waals surface area contributed by atoms with Crippen LogP contribution in [0, 0.1) is 5.92 Å². The Bertz CT molecular complexity index is 538. The fraction of sp³-hybridized carbons (Fsp3) is 0.556. The van der Waals surface area contributed by atoms with Gasteiger partial charge in [-0.3, -0.25) is 14.5 Å². The minimum atomic E-state index is -0.108. The second-order valence-electron chi connectivity index (χ2n) is 6.33. The van der Waals surface area contributed by atoms with Crippen molar-refractivity contribution < 1.29 is 9.59 Å². The Kier molecular flexibility index (Phi) is 7.21. The number of benzene rings is 1. The van der Waals surface area contributed by atoms with E-state index in [0.717, 1.165) is 37.6 Å². The Balaban J connectivity index is 1.80. The number of carbonyl (C=O) groups excluding carboxylic acids is 2. The van der Waals surface area contributed by atoms with Gasteiger partial charge in [0.05, 0.1) is 6.54 Å². The van der Waals surface area contributed by atoms with Crippen molar-refractivity contribution in [2.45, 2.75) is 26.7 Å². The van der Waals surface area contributed by atoms with Crippen molar-refractivity contribution in [3.63, 3.8) is 0 Å². The van der Waals surface area contributed by atoms with Crippen LogP contribution in [0.4, 0.5) is 11.4 Å². The number of carbonyl (C=O) groups is 2. The summed E-state index contributed by atoms with van der Waals surface area (Å²) in [6.07, 6.45) is 2.37. The molecular formula is C18H28N4O2. The number of amides is 2. The van der Waals surface area contributed by atoms with Crippen LogP contribution in [-0.4, -0.2) is 49.4 Å². The fourth-order valence-corrected chi connectivity index (χ4v) is 2.98. The van der Waals surface area contributed by atoms with E-state index in [-0.39, 0.29) is 11.8 Å². The molecular weight excluding hydrogens is 304 g/mol. The average molecular weight is 332 g/mol. The predicted octanol–water partition coefficient (Wildman–Crippen LogP) is 1.91. The van der Waals surface area contributed by atoms with Crippen LogP contribution in [0.1, 0.15) is 26.7 Å². The zero-order valence-electron chi connectivity index (χ0n) is 14.6. The lowest BCUT2D eigenvalue weighted by molar-refractivity contribution is -0.117. The van der Waals surface area contributed by atoms with Crippen LogP contribution in [0.2, 0.25) is 0 Å². The highest BCUT2D eigenvalue weighted by Crippen LogP contribution is 2.15. The molecule has 0 atom stereocenters. The zero-order valence-corrected chi connectivity index (χ0v) is 14.6. The zero-order chi connectivity index (χ0) is 17.4. The first kappa shape index (κ1) is 18.4. The maximum atomic E-state index is 12.3. The highest BCUT2D eigenvalue weighted by atomic mass is 16.2. The number of anilines is 2. The van der Waals surface area contributed by atoms with Crippen molar-refractivity contribution >= 4 is 23.2 Å². The summed E-state index contributed by atoms with van der Waals surface area (Å²) >= 11 is 0. The smallest absolute Gasteiger partial charge is 0.238 e. The van der Waals surface area contributed by atoms with Gasteiger partial charge in [-0.1, -0.05) is 6.92 Å². The SMILES string of the molecule is CCN(CC(=O)Nc1ccc(NC(C)=O)cc1)CC1CCNCC1. The van der Waals surface area contributed by atoms with E-state index in [1.807, 2.05) is 0 Å². The van der Waals surface area contributed by atoms with E-state index >= 15 is 0 Å². The Morgan fingerprint density at radius 3 is 2.25 bits per heavy atom. The van der Waals surface area contributed by atoms with E-state index in [0.29, 0.717) is 12.5 Å². The van der Waals surface area contributed by atoms with E-state index < -0.39 is 0 Å². The molecule has 6 heteroatoms. The van der Waals surface area contributed by atoms with Crippen molar-refractivity contribution in [1.82, 2.24) is 10.2 Å². The molecule has 0 aliphatic carbocycles. The predicted molar refractivity (Wildman–Crippen MR) is 97.1 cm³/mol. The molecule has 0 bridgehead atoms. The normalized spacial score (nSPS) is 15.3. The summed E-state index contributed by atoms with van der Waals surface area (Å²) in [7, 11) is 0. The van der Waals surface area contributed by atoms with Crippen LogP contribution in [0.25, 0.3) is 0 Å². The number of likely N-dealkylation sites (N-methyl/N-ethyl adjacent to an activating group) is 1. The number of hydrogen-bond donors (Lipinski definition) is 3. The third-order valence-electron chi connectivity index (χ3n) is 4.28. The van der Waals surface area contributed by atoms with Gasteiger partial charge in [0.1, 0.15) is 0 Å². The van der Waals surface area contributed by atoms with E-state index in [2.05, 4.69) is 27.8 Å². The van der Waals surface area contributed by atoms with Crippen LogP contribution in [0.15, 0.2) is 24.3 Å². The van der Waals surface area contributed by atoms with Gasteiger partial charge in [-0.15, -0.1) is 0 Å². The molecule has 1 aliphatic rings. The molecule has 2 amide bonds. The van der Waals surface area contributed by atoms with Gasteiger partial charge in [0, 0.05) is 24.8 Å². The second-order valence-corrected chi connectivity index (χ2v) is 6.33. The molecule has 0 unspecified atom stereocenters. The summed E-state index contributed by atoms with van der Waals surface area (Å²) in [4.78, 5) is 25.5. The Morgan fingerprint density at radius 2 is 1.71 bits per heavy atom. The van der Waals surface area contributed by atoms with Gasteiger partial charge in [0.2, 0.25) is 11.8 Å². The monoisotopic (exact) mass is 332 g/mol. The minimum Gasteiger partial charge on any atom is -0.326 e. The van der Waals surface area contributed by atoms with Crippen LogP contribution >= 0.6 is 0 Å². The van der Waals surface area contributed by atoms with Gasteiger partial charge in [0.25, 0.3) is 0 Å². The molecule has 2 rings (SSSR count). The highest BCUT2D eigenvalue weighted by Gasteiger charge is 2.18. The molecule has 0 saturated carbocycles. The van der Waals surface area contributed by atoms with E-state index in [4.69, 9.17) is 0 Å². The van der Waals surface area contributed by atoms with Gasteiger partial charge in [-0.05, 0) is 62.7 Å². The molecule has 0 spiro atoms. The number of piperidine rings is 1. The lowest BCUT2D eigenvalue weighted by atomic mass is 9.97. The molecule has 1 aliphatic heterocycles. The summed E-state index contributed by atoms with van der Waals surface area (Å²) < 4.78 is 0. The van der Waals surface area contributed by atoms with Crippen LogP contribution in [-0.2, 0) is 9.59 Å². The highest BCUT2D eigenvalue weighted by molar-refractivity contribution is 5.93. The second kappa shape index (κ2) is 9.39. The van der Waals surface area contributed by atoms with Crippen molar-refractivity contribution in [2.24, 2.45) is 5.92 Å². The summed E-state index contributed by atoms with van der Waals surface area (Å²) in [6, 6.07) is 7.16. The Morgan fingerprint density at radius 1 is 1.12 bits per heavy atom. The fourth-order valence-electron chi connectivity index (χ4n) is 2.98. The topological polar surface area (TPSA) is 73.5 Å². The molecule has 3 N–H and O–H groups in total. The first-order valence-electron chi connectivity index (χ1n) is 8.67. The molecule has 1 fully saturated rings. The van der Waals surface area contributed by atoms with Crippen molar-refractivity contribution in [3.8, 4) is 0 Å². The summed E-state index contributed by atoms with van der Waals surface area (Å²) in [5.41, 5.74) is 1.47. The first-order valence-corrected chi connectivity index (χ1v) is 8.67. The van der Waals surface area contributed by atoms with Crippen molar-refractivity contribution in [3.05, 3.63) is 24.3 Å². The lowest BCUT2D eigenvalue weighted by Gasteiger charge is -2.28. The molecule has 24 heavy (non-hydrogen) atoms. The van der Waals surface area contributed by atoms with E-state index in [9.17, 15) is 9.59 Å². The van der Waals surface area contributed by atoms with Gasteiger partial charge in [0.15, 0.2) is 0 Å². The molecule has 0 aromatic heterocycles. The summed E-state index contributed by atoms with van der Waals surface area (Å²) in [5.74, 6) is 0.567. The van der Waals surface area contributed by atoms with E-state index in [1.54, 1.807) is 24.3 Å². The number of hydrogen-bond acceptors (Lipinski definition) is 4. The maximum absolute atomic E-state index is 12.3. The van der Waals surface area contributed by atoms with Crippen LogP contribution in [0.3, 0.4) is 0 Å². The Labute approximate surface area is 144 Å². The molecule has 1 saturated heterocycles. The molecule has 6 nitrogen and oxygen atoms in total. The minimum absolute atomic E-state index is 0.00179. The summed E-state index contributed by atoms with van der Waals surface area (Å²) in [6.45, 7) is 7.98. The van der Waals surface area contributed by atoms with Gasteiger partial charge >= 0.3 is 0 Å². The van der Waals surface area contributed by atoms with Crippen molar-refractivity contribution in [1.29, 1.82) is 0 Å². The third-order valence-corrected chi connectivity index (χ3v) is 4.28. The first-order chi connectivity index (χ1) is 11.6. The van der Waals surface area contributed by atoms with Gasteiger partial charge in [-0.25, -0.2) is 0 Å². The van der Waals surface area contributed by atoms with Gasteiger partial charge < -0.3 is 16.0 Å². The quantitative estimate of drug-likeness (QED) is 0.713. The lowest BCUT2D eigenvalue weighted by Crippen LogP contribution is -2.39. The number of rotatable bonds is 7. The molecule has 1 aromatic rings.